The summed E-state index contributed by atoms with van der Waals surface area (Å²) in [7, 11) is 1.28. The number of benzene rings is 1. The Morgan fingerprint density at radius 1 is 1.60 bits per heavy atom. The van der Waals surface area contributed by atoms with E-state index in [9.17, 15) is 4.79 Å². The summed E-state index contributed by atoms with van der Waals surface area (Å²) in [4.78, 5) is 10.7. The highest BCUT2D eigenvalue weighted by Crippen LogP contribution is 2.23. The predicted octanol–water partition coefficient (Wildman–Crippen LogP) is 2.37. The van der Waals surface area contributed by atoms with Crippen LogP contribution in [0, 0.1) is 0 Å². The minimum atomic E-state index is -0.545. The molecule has 0 aliphatic heterocycles. The van der Waals surface area contributed by atoms with Crippen molar-refractivity contribution in [2.45, 2.75) is 0 Å². The largest absolute Gasteiger partial charge is 0.506 e. The monoisotopic (exact) mass is 227 g/mol. The molecule has 1 rings (SSSR count). The molecule has 1 aromatic carbocycles. The van der Waals surface area contributed by atoms with Gasteiger partial charge in [0.2, 0.25) is 0 Å². The van der Waals surface area contributed by atoms with Crippen molar-refractivity contribution in [3.8, 4) is 5.75 Å². The zero-order chi connectivity index (χ0) is 11.3. The number of alkyl carbamates (subject to hydrolysis) is 1. The average molecular weight is 228 g/mol. The number of phenols is 1. The average Bonchev–Trinajstić information content (AvgIpc) is 2.23. The quantitative estimate of drug-likeness (QED) is 0.816. The predicted molar refractivity (Wildman–Crippen MR) is 57.7 cm³/mol. The van der Waals surface area contributed by atoms with Gasteiger partial charge in [-0.2, -0.15) is 0 Å². The number of nitrogens with one attached hydrogen (secondary N) is 1. The van der Waals surface area contributed by atoms with Crippen molar-refractivity contribution >= 4 is 23.8 Å². The van der Waals surface area contributed by atoms with Crippen LogP contribution in [0.2, 0.25) is 5.02 Å². The van der Waals surface area contributed by atoms with E-state index in [1.807, 2.05) is 0 Å². The van der Waals surface area contributed by atoms with E-state index in [0.717, 1.165) is 5.56 Å². The van der Waals surface area contributed by atoms with Crippen LogP contribution in [0.15, 0.2) is 24.4 Å². The second kappa shape index (κ2) is 5.26. The number of phenolic OH excluding ortho intramolecular Hbond substituents is 1. The second-order valence-electron chi connectivity index (χ2n) is 2.68. The Hall–Kier alpha value is -1.68. The molecule has 0 aliphatic carbocycles. The number of rotatable bonds is 2. The smallest absolute Gasteiger partial charge is 0.410 e. The second-order valence-corrected chi connectivity index (χ2v) is 3.09. The summed E-state index contributed by atoms with van der Waals surface area (Å²) in [5, 5.41) is 11.8. The highest BCUT2D eigenvalue weighted by Gasteiger charge is 1.97. The van der Waals surface area contributed by atoms with Gasteiger partial charge in [-0.05, 0) is 23.8 Å². The normalized spacial score (nSPS) is 10.3. The van der Waals surface area contributed by atoms with Crippen LogP contribution in [0.25, 0.3) is 6.08 Å². The fourth-order valence-corrected chi connectivity index (χ4v) is 1.08. The fraction of sp³-hybridized carbons (Fsp3) is 0.100. The number of aromatic hydroxyl groups is 1. The highest BCUT2D eigenvalue weighted by molar-refractivity contribution is 6.32. The lowest BCUT2D eigenvalue weighted by Crippen LogP contribution is -2.15. The minimum Gasteiger partial charge on any atom is -0.506 e. The van der Waals surface area contributed by atoms with Gasteiger partial charge >= 0.3 is 6.09 Å². The summed E-state index contributed by atoms with van der Waals surface area (Å²) in [6.45, 7) is 0. The molecule has 5 heteroatoms. The number of methoxy groups -OCH3 is 1. The lowest BCUT2D eigenvalue weighted by molar-refractivity contribution is 0.175. The molecule has 4 nitrogen and oxygen atoms in total. The third-order valence-electron chi connectivity index (χ3n) is 1.63. The summed E-state index contributed by atoms with van der Waals surface area (Å²) in [5.74, 6) is 0.0229. The Balaban J connectivity index is 2.65. The topological polar surface area (TPSA) is 58.6 Å². The molecule has 0 saturated heterocycles. The molecule has 0 saturated carbocycles. The van der Waals surface area contributed by atoms with Crippen LogP contribution in [-0.2, 0) is 4.74 Å². The van der Waals surface area contributed by atoms with E-state index in [-0.39, 0.29) is 10.8 Å². The Kier molecular flexibility index (Phi) is 4.00. The molecule has 1 amide bonds. The van der Waals surface area contributed by atoms with Gasteiger partial charge in [0, 0.05) is 6.20 Å². The SMILES string of the molecule is COC(=O)NC=Cc1ccc(O)c(Cl)c1. The van der Waals surface area contributed by atoms with Crippen molar-refractivity contribution in [2.75, 3.05) is 7.11 Å². The van der Waals surface area contributed by atoms with E-state index in [4.69, 9.17) is 16.7 Å². The number of amides is 1. The summed E-state index contributed by atoms with van der Waals surface area (Å²) in [6.07, 6.45) is 2.51. The van der Waals surface area contributed by atoms with Gasteiger partial charge in [-0.15, -0.1) is 0 Å². The maximum Gasteiger partial charge on any atom is 0.410 e. The molecule has 80 valence electrons. The van der Waals surface area contributed by atoms with E-state index in [0.29, 0.717) is 0 Å². The molecule has 0 aliphatic rings. The summed E-state index contributed by atoms with van der Waals surface area (Å²) in [6, 6.07) is 4.71. The van der Waals surface area contributed by atoms with Crippen molar-refractivity contribution in [1.82, 2.24) is 5.32 Å². The first-order valence-electron chi connectivity index (χ1n) is 4.13. The molecule has 0 bridgehead atoms. The number of carbonyl (C=O) groups is 1. The molecular formula is C10H10ClNO3. The molecule has 0 heterocycles. The molecular weight excluding hydrogens is 218 g/mol. The van der Waals surface area contributed by atoms with Crippen LogP contribution in [0.4, 0.5) is 4.79 Å². The first kappa shape index (κ1) is 11.4. The van der Waals surface area contributed by atoms with Gasteiger partial charge in [0.15, 0.2) is 0 Å². The summed E-state index contributed by atoms with van der Waals surface area (Å²) in [5.41, 5.74) is 0.759. The van der Waals surface area contributed by atoms with Gasteiger partial charge in [0.25, 0.3) is 0 Å². The molecule has 1 aromatic rings. The Morgan fingerprint density at radius 2 is 2.33 bits per heavy atom. The summed E-state index contributed by atoms with van der Waals surface area (Å²) < 4.78 is 4.36. The number of hydrogen-bond donors (Lipinski definition) is 2. The number of carbonyl (C=O) groups excluding carboxylic acids is 1. The Labute approximate surface area is 92.1 Å². The van der Waals surface area contributed by atoms with Gasteiger partial charge in [-0.25, -0.2) is 4.79 Å². The number of ether oxygens (including phenoxy) is 1. The van der Waals surface area contributed by atoms with Gasteiger partial charge in [0.1, 0.15) is 5.75 Å². The van der Waals surface area contributed by atoms with E-state index >= 15 is 0 Å². The Bertz CT molecular complexity index is 390. The molecule has 2 N–H and O–H groups in total. The van der Waals surface area contributed by atoms with Crippen LogP contribution in [0.3, 0.4) is 0 Å². The van der Waals surface area contributed by atoms with Gasteiger partial charge < -0.3 is 9.84 Å². The highest BCUT2D eigenvalue weighted by atomic mass is 35.5. The molecule has 0 unspecified atom stereocenters. The fourth-order valence-electron chi connectivity index (χ4n) is 0.892. The van der Waals surface area contributed by atoms with E-state index in [2.05, 4.69) is 10.1 Å². The Morgan fingerprint density at radius 3 is 2.93 bits per heavy atom. The molecule has 15 heavy (non-hydrogen) atoms. The van der Waals surface area contributed by atoms with E-state index in [1.54, 1.807) is 18.2 Å². The lowest BCUT2D eigenvalue weighted by atomic mass is 10.2. The van der Waals surface area contributed by atoms with Crippen molar-refractivity contribution < 1.29 is 14.6 Å². The lowest BCUT2D eigenvalue weighted by Gasteiger charge is -1.98. The van der Waals surface area contributed by atoms with Crippen LogP contribution in [0.5, 0.6) is 5.75 Å². The minimum absolute atomic E-state index is 0.0229. The van der Waals surface area contributed by atoms with E-state index in [1.165, 1.54) is 19.4 Å². The first-order valence-corrected chi connectivity index (χ1v) is 4.51. The third kappa shape index (κ3) is 3.52. The van der Waals surface area contributed by atoms with Gasteiger partial charge in [-0.3, -0.25) is 5.32 Å². The maximum atomic E-state index is 10.7. The van der Waals surface area contributed by atoms with Crippen LogP contribution in [0.1, 0.15) is 5.56 Å². The van der Waals surface area contributed by atoms with Crippen molar-refractivity contribution in [2.24, 2.45) is 0 Å². The van der Waals surface area contributed by atoms with Crippen molar-refractivity contribution in [1.29, 1.82) is 0 Å². The number of halogens is 1. The van der Waals surface area contributed by atoms with Crippen LogP contribution < -0.4 is 5.32 Å². The summed E-state index contributed by atoms with van der Waals surface area (Å²) >= 11 is 5.69. The van der Waals surface area contributed by atoms with Gasteiger partial charge in [0.05, 0.1) is 12.1 Å². The standard InChI is InChI=1S/C10H10ClNO3/c1-15-10(14)12-5-4-7-2-3-9(13)8(11)6-7/h2-6,13H,1H3,(H,12,14). The zero-order valence-electron chi connectivity index (χ0n) is 8.03. The van der Waals surface area contributed by atoms with Crippen LogP contribution >= 0.6 is 11.6 Å². The zero-order valence-corrected chi connectivity index (χ0v) is 8.78. The molecule has 0 fully saturated rings. The molecule has 0 radical (unpaired) electrons. The van der Waals surface area contributed by atoms with E-state index < -0.39 is 6.09 Å². The third-order valence-corrected chi connectivity index (χ3v) is 1.94. The molecule has 0 aromatic heterocycles. The number of hydrogen-bond acceptors (Lipinski definition) is 3. The van der Waals surface area contributed by atoms with Crippen molar-refractivity contribution in [3.63, 3.8) is 0 Å². The van der Waals surface area contributed by atoms with Crippen molar-refractivity contribution in [3.05, 3.63) is 35.0 Å². The first-order chi connectivity index (χ1) is 7.13. The maximum absolute atomic E-state index is 10.7. The van der Waals surface area contributed by atoms with Crippen LogP contribution in [-0.4, -0.2) is 18.3 Å². The molecule has 0 atom stereocenters. The van der Waals surface area contributed by atoms with Gasteiger partial charge in [-0.1, -0.05) is 17.7 Å². The molecule has 0 spiro atoms.